The van der Waals surface area contributed by atoms with E-state index in [-0.39, 0.29) is 5.91 Å². The molecule has 0 aromatic carbocycles. The fourth-order valence-electron chi connectivity index (χ4n) is 1.01. The van der Waals surface area contributed by atoms with E-state index in [1.165, 1.54) is 0 Å². The summed E-state index contributed by atoms with van der Waals surface area (Å²) < 4.78 is 1.74. The molecule has 0 radical (unpaired) electrons. The van der Waals surface area contributed by atoms with Crippen molar-refractivity contribution < 1.29 is 4.79 Å². The molecule has 0 saturated heterocycles. The lowest BCUT2D eigenvalue weighted by Crippen LogP contribution is -2.21. The number of carbonyl (C=O) groups is 1. The summed E-state index contributed by atoms with van der Waals surface area (Å²) >= 11 is 0. The number of amides is 1. The molecule has 1 amide bonds. The van der Waals surface area contributed by atoms with E-state index in [9.17, 15) is 4.79 Å². The van der Waals surface area contributed by atoms with Crippen LogP contribution in [0.15, 0.2) is 12.4 Å². The number of aromatic nitrogens is 2. The van der Waals surface area contributed by atoms with Gasteiger partial charge in [0.2, 0.25) is 5.91 Å². The first kappa shape index (κ1) is 9.73. The largest absolute Gasteiger partial charge is 0.370 e. The predicted molar refractivity (Wildman–Crippen MR) is 48.7 cm³/mol. The minimum Gasteiger partial charge on any atom is -0.370 e. The standard InChI is InChI=1S/C8H14N4O/c1-12-6-7(5-11-12)4-10-3-2-8(9)13/h5-6,10H,2-4H2,1H3,(H2,9,13). The van der Waals surface area contributed by atoms with Crippen LogP contribution >= 0.6 is 0 Å². The van der Waals surface area contributed by atoms with Crippen LogP contribution < -0.4 is 11.1 Å². The highest BCUT2D eigenvalue weighted by Crippen LogP contribution is 1.94. The molecule has 0 atom stereocenters. The third-order valence-electron chi connectivity index (χ3n) is 1.64. The maximum Gasteiger partial charge on any atom is 0.218 e. The highest BCUT2D eigenvalue weighted by molar-refractivity contribution is 5.73. The number of aryl methyl sites for hydroxylation is 1. The van der Waals surface area contributed by atoms with Gasteiger partial charge in [0.25, 0.3) is 0 Å². The van der Waals surface area contributed by atoms with Gasteiger partial charge in [-0.15, -0.1) is 0 Å². The van der Waals surface area contributed by atoms with Crippen molar-refractivity contribution in [3.8, 4) is 0 Å². The molecule has 0 unspecified atom stereocenters. The van der Waals surface area contributed by atoms with Crippen molar-refractivity contribution in [2.75, 3.05) is 6.54 Å². The van der Waals surface area contributed by atoms with Gasteiger partial charge in [-0.25, -0.2) is 0 Å². The number of nitrogens with two attached hydrogens (primary N) is 1. The summed E-state index contributed by atoms with van der Waals surface area (Å²) in [6, 6.07) is 0. The van der Waals surface area contributed by atoms with E-state index in [1.807, 2.05) is 13.2 Å². The Morgan fingerprint density at radius 3 is 3.08 bits per heavy atom. The minimum absolute atomic E-state index is 0.279. The van der Waals surface area contributed by atoms with Gasteiger partial charge in [0, 0.05) is 38.3 Å². The third-order valence-corrected chi connectivity index (χ3v) is 1.64. The van der Waals surface area contributed by atoms with E-state index in [4.69, 9.17) is 5.73 Å². The number of rotatable bonds is 5. The van der Waals surface area contributed by atoms with Crippen molar-refractivity contribution in [2.45, 2.75) is 13.0 Å². The number of nitrogens with one attached hydrogen (secondary N) is 1. The van der Waals surface area contributed by atoms with Gasteiger partial charge >= 0.3 is 0 Å². The number of carbonyl (C=O) groups excluding carboxylic acids is 1. The third kappa shape index (κ3) is 3.71. The summed E-state index contributed by atoms with van der Waals surface area (Å²) in [4.78, 5) is 10.4. The molecule has 13 heavy (non-hydrogen) atoms. The fraction of sp³-hybridized carbons (Fsp3) is 0.500. The van der Waals surface area contributed by atoms with Crippen LogP contribution in [0.4, 0.5) is 0 Å². The lowest BCUT2D eigenvalue weighted by atomic mass is 10.3. The lowest BCUT2D eigenvalue weighted by molar-refractivity contribution is -0.117. The predicted octanol–water partition coefficient (Wildman–Crippen LogP) is -0.615. The number of hydrogen-bond donors (Lipinski definition) is 2. The van der Waals surface area contributed by atoms with Gasteiger partial charge in [0.05, 0.1) is 6.20 Å². The fourth-order valence-corrected chi connectivity index (χ4v) is 1.01. The van der Waals surface area contributed by atoms with Crippen molar-refractivity contribution in [1.29, 1.82) is 0 Å². The molecular formula is C8H14N4O. The number of hydrogen-bond acceptors (Lipinski definition) is 3. The Morgan fingerprint density at radius 1 is 1.77 bits per heavy atom. The van der Waals surface area contributed by atoms with Crippen molar-refractivity contribution in [3.63, 3.8) is 0 Å². The molecule has 0 spiro atoms. The normalized spacial score (nSPS) is 10.2. The summed E-state index contributed by atoms with van der Waals surface area (Å²) in [5, 5.41) is 7.11. The highest BCUT2D eigenvalue weighted by Gasteiger charge is 1.96. The molecule has 1 aromatic heterocycles. The van der Waals surface area contributed by atoms with Gasteiger partial charge in [-0.1, -0.05) is 0 Å². The zero-order valence-corrected chi connectivity index (χ0v) is 7.66. The molecule has 0 bridgehead atoms. The Balaban J connectivity index is 2.16. The number of primary amides is 1. The summed E-state index contributed by atoms with van der Waals surface area (Å²) in [5.74, 6) is -0.279. The van der Waals surface area contributed by atoms with Crippen LogP contribution in [0.5, 0.6) is 0 Å². The molecule has 0 aliphatic rings. The molecule has 1 rings (SSSR count). The zero-order chi connectivity index (χ0) is 9.68. The van der Waals surface area contributed by atoms with Gasteiger partial charge < -0.3 is 11.1 Å². The number of nitrogens with zero attached hydrogens (tertiary/aromatic N) is 2. The molecule has 3 N–H and O–H groups in total. The monoisotopic (exact) mass is 182 g/mol. The molecular weight excluding hydrogens is 168 g/mol. The molecule has 5 nitrogen and oxygen atoms in total. The Hall–Kier alpha value is -1.36. The molecule has 0 saturated carbocycles. The van der Waals surface area contributed by atoms with Crippen molar-refractivity contribution in [2.24, 2.45) is 12.8 Å². The van der Waals surface area contributed by atoms with E-state index in [1.54, 1.807) is 10.9 Å². The molecule has 5 heteroatoms. The van der Waals surface area contributed by atoms with E-state index in [2.05, 4.69) is 10.4 Å². The van der Waals surface area contributed by atoms with Crippen LogP contribution in [0.2, 0.25) is 0 Å². The minimum atomic E-state index is -0.279. The molecule has 1 heterocycles. The Morgan fingerprint density at radius 2 is 2.54 bits per heavy atom. The second-order valence-electron chi connectivity index (χ2n) is 2.92. The van der Waals surface area contributed by atoms with Crippen molar-refractivity contribution in [3.05, 3.63) is 18.0 Å². The van der Waals surface area contributed by atoms with E-state index in [0.717, 1.165) is 12.1 Å². The molecule has 0 aliphatic heterocycles. The molecule has 0 aliphatic carbocycles. The smallest absolute Gasteiger partial charge is 0.218 e. The van der Waals surface area contributed by atoms with Gasteiger partial charge in [-0.2, -0.15) is 5.10 Å². The Bertz CT molecular complexity index is 281. The average molecular weight is 182 g/mol. The van der Waals surface area contributed by atoms with E-state index >= 15 is 0 Å². The Labute approximate surface area is 76.9 Å². The van der Waals surface area contributed by atoms with Crippen molar-refractivity contribution in [1.82, 2.24) is 15.1 Å². The first-order chi connectivity index (χ1) is 6.18. The Kier molecular flexibility index (Phi) is 3.45. The molecule has 1 aromatic rings. The van der Waals surface area contributed by atoms with E-state index in [0.29, 0.717) is 13.0 Å². The SMILES string of the molecule is Cn1cc(CNCCC(N)=O)cn1. The summed E-state index contributed by atoms with van der Waals surface area (Å²) in [7, 11) is 1.87. The second kappa shape index (κ2) is 4.61. The van der Waals surface area contributed by atoms with Crippen LogP contribution in [0.25, 0.3) is 0 Å². The van der Waals surface area contributed by atoms with Crippen LogP contribution in [-0.2, 0) is 18.4 Å². The second-order valence-corrected chi connectivity index (χ2v) is 2.92. The maximum absolute atomic E-state index is 10.4. The molecule has 0 fully saturated rings. The zero-order valence-electron chi connectivity index (χ0n) is 7.66. The molecule has 72 valence electrons. The van der Waals surface area contributed by atoms with Gasteiger partial charge in [0.15, 0.2) is 0 Å². The van der Waals surface area contributed by atoms with Gasteiger partial charge in [0.1, 0.15) is 0 Å². The van der Waals surface area contributed by atoms with E-state index < -0.39 is 0 Å². The summed E-state index contributed by atoms with van der Waals surface area (Å²) in [6.45, 7) is 1.34. The topological polar surface area (TPSA) is 72.9 Å². The van der Waals surface area contributed by atoms with Crippen LogP contribution in [0.1, 0.15) is 12.0 Å². The van der Waals surface area contributed by atoms with Gasteiger partial charge in [-0.3, -0.25) is 9.48 Å². The first-order valence-corrected chi connectivity index (χ1v) is 4.15. The highest BCUT2D eigenvalue weighted by atomic mass is 16.1. The maximum atomic E-state index is 10.4. The average Bonchev–Trinajstić information content (AvgIpc) is 2.45. The van der Waals surface area contributed by atoms with Gasteiger partial charge in [-0.05, 0) is 0 Å². The van der Waals surface area contributed by atoms with Crippen LogP contribution in [0, 0.1) is 0 Å². The lowest BCUT2D eigenvalue weighted by Gasteiger charge is -1.99. The van der Waals surface area contributed by atoms with Crippen molar-refractivity contribution >= 4 is 5.91 Å². The first-order valence-electron chi connectivity index (χ1n) is 4.15. The summed E-state index contributed by atoms with van der Waals surface area (Å²) in [6.07, 6.45) is 4.09. The van der Waals surface area contributed by atoms with Crippen LogP contribution in [-0.4, -0.2) is 22.2 Å². The summed E-state index contributed by atoms with van der Waals surface area (Å²) in [5.41, 5.74) is 6.08. The van der Waals surface area contributed by atoms with Crippen LogP contribution in [0.3, 0.4) is 0 Å². The quantitative estimate of drug-likeness (QED) is 0.596.